The minimum atomic E-state index is 0.429. The zero-order valence-corrected chi connectivity index (χ0v) is 12.8. The van der Waals surface area contributed by atoms with Crippen molar-refractivity contribution in [2.45, 2.75) is 50.6 Å². The van der Waals surface area contributed by atoms with Crippen LogP contribution in [0.5, 0.6) is 5.75 Å². The van der Waals surface area contributed by atoms with E-state index in [0.29, 0.717) is 11.8 Å². The van der Waals surface area contributed by atoms with Crippen LogP contribution in [0.15, 0.2) is 18.2 Å². The summed E-state index contributed by atoms with van der Waals surface area (Å²) in [4.78, 5) is 5.42. The van der Waals surface area contributed by atoms with Crippen molar-refractivity contribution < 1.29 is 5.11 Å². The lowest BCUT2D eigenvalue weighted by molar-refractivity contribution is 0.159. The lowest BCUT2D eigenvalue weighted by Crippen LogP contribution is -2.39. The average molecular weight is 286 g/mol. The zero-order valence-electron chi connectivity index (χ0n) is 12.8. The van der Waals surface area contributed by atoms with Gasteiger partial charge in [-0.05, 0) is 74.9 Å². The number of hydrogen-bond donors (Lipinski definition) is 1. The Morgan fingerprint density at radius 2 is 1.81 bits per heavy atom. The van der Waals surface area contributed by atoms with Crippen LogP contribution in [0.1, 0.15) is 49.3 Å². The molecule has 3 aliphatic rings. The zero-order chi connectivity index (χ0) is 14.2. The van der Waals surface area contributed by atoms with E-state index in [2.05, 4.69) is 15.9 Å². The van der Waals surface area contributed by atoms with E-state index in [0.717, 1.165) is 6.04 Å². The molecule has 2 aliphatic heterocycles. The molecular formula is C18H26N2O. The van der Waals surface area contributed by atoms with Gasteiger partial charge in [0.2, 0.25) is 0 Å². The fourth-order valence-corrected chi connectivity index (χ4v) is 4.66. The van der Waals surface area contributed by atoms with Gasteiger partial charge in [0.1, 0.15) is 5.75 Å². The second-order valence-corrected chi connectivity index (χ2v) is 6.97. The van der Waals surface area contributed by atoms with Gasteiger partial charge in [-0.15, -0.1) is 0 Å². The van der Waals surface area contributed by atoms with E-state index in [1.807, 2.05) is 12.1 Å². The van der Waals surface area contributed by atoms with Crippen LogP contribution < -0.4 is 0 Å². The van der Waals surface area contributed by atoms with E-state index in [1.54, 1.807) is 0 Å². The number of fused-ring (bicyclic) bond motifs is 2. The first-order valence-electron chi connectivity index (χ1n) is 8.61. The molecular weight excluding hydrogens is 260 g/mol. The number of aryl methyl sites for hydroxylation is 1. The van der Waals surface area contributed by atoms with E-state index in [4.69, 9.17) is 0 Å². The summed E-state index contributed by atoms with van der Waals surface area (Å²) in [5.74, 6) is 0.429. The Bertz CT molecular complexity index is 516. The maximum atomic E-state index is 9.88. The van der Waals surface area contributed by atoms with Gasteiger partial charge in [0.25, 0.3) is 0 Å². The van der Waals surface area contributed by atoms with Gasteiger partial charge in [0, 0.05) is 25.2 Å². The van der Waals surface area contributed by atoms with Crippen molar-refractivity contribution in [3.05, 3.63) is 29.3 Å². The highest BCUT2D eigenvalue weighted by molar-refractivity contribution is 5.38. The number of hydrogen-bond acceptors (Lipinski definition) is 3. The molecule has 1 N–H and O–H groups in total. The molecule has 3 nitrogen and oxygen atoms in total. The Morgan fingerprint density at radius 3 is 2.76 bits per heavy atom. The highest BCUT2D eigenvalue weighted by atomic mass is 16.3. The average Bonchev–Trinajstić information content (AvgIpc) is 2.84. The third-order valence-corrected chi connectivity index (χ3v) is 5.69. The first-order chi connectivity index (χ1) is 10.3. The number of phenolic OH excluding ortho intramolecular Hbond substituents is 1. The van der Waals surface area contributed by atoms with Crippen LogP contribution in [0.25, 0.3) is 0 Å². The predicted octanol–water partition coefficient (Wildman–Crippen LogP) is 2.94. The number of rotatable bonds is 1. The molecule has 0 amide bonds. The molecule has 2 atom stereocenters. The van der Waals surface area contributed by atoms with Crippen molar-refractivity contribution in [1.82, 2.24) is 9.80 Å². The minimum absolute atomic E-state index is 0.429. The highest BCUT2D eigenvalue weighted by Crippen LogP contribution is 2.37. The molecule has 0 spiro atoms. The Labute approximate surface area is 127 Å². The number of phenols is 1. The standard InChI is InChI=1S/C18H26N2O/c21-16-8-7-14-4-1-6-18(17(14)12-16)20-11-3-10-19-9-2-5-15(19)13-20/h7-8,12,15,18,21H,1-6,9-11,13H2. The van der Waals surface area contributed by atoms with E-state index in [9.17, 15) is 5.11 Å². The lowest BCUT2D eigenvalue weighted by atomic mass is 9.86. The minimum Gasteiger partial charge on any atom is -0.508 e. The third-order valence-electron chi connectivity index (χ3n) is 5.69. The molecule has 0 aromatic heterocycles. The molecule has 2 saturated heterocycles. The summed E-state index contributed by atoms with van der Waals surface area (Å²) in [6, 6.07) is 7.31. The van der Waals surface area contributed by atoms with Crippen molar-refractivity contribution in [1.29, 1.82) is 0 Å². The van der Waals surface area contributed by atoms with Crippen LogP contribution in [0.3, 0.4) is 0 Å². The first kappa shape index (κ1) is 13.6. The van der Waals surface area contributed by atoms with Crippen LogP contribution in [0.4, 0.5) is 0 Å². The molecule has 2 unspecified atom stereocenters. The number of nitrogens with zero attached hydrogens (tertiary/aromatic N) is 2. The molecule has 0 radical (unpaired) electrons. The fourth-order valence-electron chi connectivity index (χ4n) is 4.66. The Morgan fingerprint density at radius 1 is 0.952 bits per heavy atom. The molecule has 0 saturated carbocycles. The predicted molar refractivity (Wildman–Crippen MR) is 84.6 cm³/mol. The second kappa shape index (κ2) is 5.62. The van der Waals surface area contributed by atoms with E-state index < -0.39 is 0 Å². The van der Waals surface area contributed by atoms with Gasteiger partial charge in [-0.1, -0.05) is 6.07 Å². The van der Waals surface area contributed by atoms with Gasteiger partial charge in [-0.3, -0.25) is 9.80 Å². The van der Waals surface area contributed by atoms with Crippen LogP contribution in [0, 0.1) is 0 Å². The smallest absolute Gasteiger partial charge is 0.115 e. The number of benzene rings is 1. The Kier molecular flexibility index (Phi) is 3.64. The summed E-state index contributed by atoms with van der Waals surface area (Å²) in [5.41, 5.74) is 2.85. The van der Waals surface area contributed by atoms with Gasteiger partial charge < -0.3 is 5.11 Å². The molecule has 2 heterocycles. The summed E-state index contributed by atoms with van der Waals surface area (Å²) in [5, 5.41) is 9.88. The topological polar surface area (TPSA) is 26.7 Å². The van der Waals surface area contributed by atoms with E-state index in [1.165, 1.54) is 75.8 Å². The SMILES string of the molecule is Oc1ccc2c(c1)C(N1CCCN3CCCC3C1)CCC2. The fraction of sp³-hybridized carbons (Fsp3) is 0.667. The van der Waals surface area contributed by atoms with E-state index in [-0.39, 0.29) is 0 Å². The van der Waals surface area contributed by atoms with Gasteiger partial charge in [0.05, 0.1) is 0 Å². The molecule has 1 aliphatic carbocycles. The van der Waals surface area contributed by atoms with Crippen molar-refractivity contribution in [2.75, 3.05) is 26.2 Å². The van der Waals surface area contributed by atoms with Gasteiger partial charge >= 0.3 is 0 Å². The first-order valence-corrected chi connectivity index (χ1v) is 8.61. The summed E-state index contributed by atoms with van der Waals surface area (Å²) < 4.78 is 0. The summed E-state index contributed by atoms with van der Waals surface area (Å²) in [7, 11) is 0. The van der Waals surface area contributed by atoms with Gasteiger partial charge in [-0.25, -0.2) is 0 Å². The molecule has 21 heavy (non-hydrogen) atoms. The summed E-state index contributed by atoms with van der Waals surface area (Å²) in [6.45, 7) is 5.02. The van der Waals surface area contributed by atoms with Gasteiger partial charge in [0.15, 0.2) is 0 Å². The summed E-state index contributed by atoms with van der Waals surface area (Å²) in [6.07, 6.45) is 7.75. The number of aromatic hydroxyl groups is 1. The Balaban J connectivity index is 1.60. The van der Waals surface area contributed by atoms with Crippen LogP contribution >= 0.6 is 0 Å². The highest BCUT2D eigenvalue weighted by Gasteiger charge is 2.33. The normalized spacial score (nSPS) is 30.7. The van der Waals surface area contributed by atoms with Crippen LogP contribution in [0.2, 0.25) is 0 Å². The monoisotopic (exact) mass is 286 g/mol. The molecule has 2 fully saturated rings. The maximum Gasteiger partial charge on any atom is 0.115 e. The Hall–Kier alpha value is -1.06. The molecule has 0 bridgehead atoms. The van der Waals surface area contributed by atoms with Crippen molar-refractivity contribution in [3.63, 3.8) is 0 Å². The second-order valence-electron chi connectivity index (χ2n) is 6.97. The van der Waals surface area contributed by atoms with Crippen molar-refractivity contribution >= 4 is 0 Å². The molecule has 4 rings (SSSR count). The van der Waals surface area contributed by atoms with Crippen LogP contribution in [-0.4, -0.2) is 47.1 Å². The van der Waals surface area contributed by atoms with Crippen molar-refractivity contribution in [2.24, 2.45) is 0 Å². The van der Waals surface area contributed by atoms with Crippen LogP contribution in [-0.2, 0) is 6.42 Å². The quantitative estimate of drug-likeness (QED) is 0.860. The maximum absolute atomic E-state index is 9.88. The third kappa shape index (κ3) is 2.58. The molecule has 3 heteroatoms. The molecule has 114 valence electrons. The molecule has 1 aromatic carbocycles. The lowest BCUT2D eigenvalue weighted by Gasteiger charge is -2.36. The van der Waals surface area contributed by atoms with Crippen molar-refractivity contribution in [3.8, 4) is 5.75 Å². The van der Waals surface area contributed by atoms with E-state index >= 15 is 0 Å². The largest absolute Gasteiger partial charge is 0.508 e. The molecule has 1 aromatic rings. The summed E-state index contributed by atoms with van der Waals surface area (Å²) >= 11 is 0. The van der Waals surface area contributed by atoms with Gasteiger partial charge in [-0.2, -0.15) is 0 Å².